The molecule has 1 aliphatic heterocycles. The molecule has 0 saturated carbocycles. The summed E-state index contributed by atoms with van der Waals surface area (Å²) in [7, 11) is 1.54. The molecule has 4 rings (SSSR count). The fourth-order valence-electron chi connectivity index (χ4n) is 3.90. The number of benzene rings is 3. The Labute approximate surface area is 240 Å². The lowest BCUT2D eigenvalue weighted by Crippen LogP contribution is -2.48. The van der Waals surface area contributed by atoms with Crippen LogP contribution in [0.3, 0.4) is 0 Å². The lowest BCUT2D eigenvalue weighted by molar-refractivity contribution is -0.155. The molecule has 11 heteroatoms. The molecule has 0 bridgehead atoms. The smallest absolute Gasteiger partial charge is 0.252 e. The summed E-state index contributed by atoms with van der Waals surface area (Å²) in [6.45, 7) is 1.27. The van der Waals surface area contributed by atoms with Crippen molar-refractivity contribution < 1.29 is 23.8 Å². The SMILES string of the molecule is COc1cc(CN2CCO[C@H](CC(=O)Nc3ccc(Cl)cc3Cl)C2=O)ccc1OCc1ccc(Cl)cc1Cl. The van der Waals surface area contributed by atoms with Gasteiger partial charge in [-0.2, -0.15) is 0 Å². The Morgan fingerprint density at radius 3 is 2.45 bits per heavy atom. The summed E-state index contributed by atoms with van der Waals surface area (Å²) in [4.78, 5) is 27.3. The van der Waals surface area contributed by atoms with Crippen molar-refractivity contribution in [2.75, 3.05) is 25.6 Å². The van der Waals surface area contributed by atoms with Gasteiger partial charge in [0.15, 0.2) is 11.5 Å². The molecule has 1 heterocycles. The number of nitrogens with zero attached hydrogens (tertiary/aromatic N) is 1. The Morgan fingerprint density at radius 2 is 1.74 bits per heavy atom. The molecule has 1 atom stereocenters. The van der Waals surface area contributed by atoms with Crippen molar-refractivity contribution in [2.45, 2.75) is 25.7 Å². The van der Waals surface area contributed by atoms with Gasteiger partial charge in [0.2, 0.25) is 5.91 Å². The number of methoxy groups -OCH3 is 1. The predicted molar refractivity (Wildman–Crippen MR) is 149 cm³/mol. The molecular formula is C27H24Cl4N2O5. The number of amides is 2. The highest BCUT2D eigenvalue weighted by atomic mass is 35.5. The van der Waals surface area contributed by atoms with Crippen LogP contribution in [0.5, 0.6) is 11.5 Å². The maximum absolute atomic E-state index is 13.1. The van der Waals surface area contributed by atoms with Crippen molar-refractivity contribution in [3.05, 3.63) is 85.8 Å². The average Bonchev–Trinajstić information content (AvgIpc) is 2.88. The minimum absolute atomic E-state index is 0.141. The third-order valence-corrected chi connectivity index (χ3v) is 6.98. The molecule has 0 aliphatic carbocycles. The van der Waals surface area contributed by atoms with E-state index in [-0.39, 0.29) is 18.9 Å². The van der Waals surface area contributed by atoms with Gasteiger partial charge in [-0.05, 0) is 48.0 Å². The van der Waals surface area contributed by atoms with Crippen LogP contribution >= 0.6 is 46.4 Å². The summed E-state index contributed by atoms with van der Waals surface area (Å²) in [5.74, 6) is 0.388. The Hall–Kier alpha value is -2.68. The lowest BCUT2D eigenvalue weighted by atomic mass is 10.1. The number of ether oxygens (including phenoxy) is 3. The van der Waals surface area contributed by atoms with Crippen LogP contribution < -0.4 is 14.8 Å². The fraction of sp³-hybridized carbons (Fsp3) is 0.259. The fourth-order valence-corrected chi connectivity index (χ4v) is 4.82. The van der Waals surface area contributed by atoms with Crippen molar-refractivity contribution >= 4 is 63.9 Å². The first-order valence-electron chi connectivity index (χ1n) is 11.6. The summed E-state index contributed by atoms with van der Waals surface area (Å²) in [6.07, 6.45) is -1.04. The average molecular weight is 598 g/mol. The van der Waals surface area contributed by atoms with Crippen LogP contribution in [0.25, 0.3) is 0 Å². The molecular weight excluding hydrogens is 574 g/mol. The van der Waals surface area contributed by atoms with E-state index >= 15 is 0 Å². The quantitative estimate of drug-likeness (QED) is 0.299. The molecule has 1 N–H and O–H groups in total. The topological polar surface area (TPSA) is 77.1 Å². The number of anilines is 1. The molecule has 1 saturated heterocycles. The minimum Gasteiger partial charge on any atom is -0.493 e. The van der Waals surface area contributed by atoms with Gasteiger partial charge in [0.1, 0.15) is 12.7 Å². The number of rotatable bonds is 9. The number of nitrogens with one attached hydrogen (secondary N) is 1. The predicted octanol–water partition coefficient (Wildman–Crippen LogP) is 6.64. The summed E-state index contributed by atoms with van der Waals surface area (Å²) in [5, 5.41) is 4.52. The van der Waals surface area contributed by atoms with Gasteiger partial charge in [0.05, 0.1) is 30.8 Å². The monoisotopic (exact) mass is 596 g/mol. The van der Waals surface area contributed by atoms with Gasteiger partial charge in [0, 0.05) is 33.7 Å². The van der Waals surface area contributed by atoms with Gasteiger partial charge in [-0.15, -0.1) is 0 Å². The maximum Gasteiger partial charge on any atom is 0.252 e. The second kappa shape index (κ2) is 12.9. The van der Waals surface area contributed by atoms with E-state index in [0.717, 1.165) is 11.1 Å². The van der Waals surface area contributed by atoms with Crippen LogP contribution in [0.1, 0.15) is 17.5 Å². The number of hydrogen-bond donors (Lipinski definition) is 1. The van der Waals surface area contributed by atoms with Gasteiger partial charge >= 0.3 is 0 Å². The summed E-state index contributed by atoms with van der Waals surface area (Å²) < 4.78 is 17.0. The number of carbonyl (C=O) groups excluding carboxylic acids is 2. The molecule has 0 aromatic heterocycles. The highest BCUT2D eigenvalue weighted by Crippen LogP contribution is 2.31. The van der Waals surface area contributed by atoms with E-state index in [0.29, 0.717) is 57.0 Å². The zero-order valence-corrected chi connectivity index (χ0v) is 23.3. The van der Waals surface area contributed by atoms with Gasteiger partial charge in [-0.1, -0.05) is 58.5 Å². The lowest BCUT2D eigenvalue weighted by Gasteiger charge is -2.32. The van der Waals surface area contributed by atoms with E-state index < -0.39 is 12.0 Å². The number of halogens is 4. The third kappa shape index (κ3) is 7.24. The van der Waals surface area contributed by atoms with Crippen LogP contribution in [0.2, 0.25) is 20.1 Å². The van der Waals surface area contributed by atoms with Crippen molar-refractivity contribution in [3.8, 4) is 11.5 Å². The largest absolute Gasteiger partial charge is 0.493 e. The van der Waals surface area contributed by atoms with E-state index in [9.17, 15) is 9.59 Å². The van der Waals surface area contributed by atoms with E-state index in [1.165, 1.54) is 6.07 Å². The summed E-state index contributed by atoms with van der Waals surface area (Å²) in [5.41, 5.74) is 2.04. The van der Waals surface area contributed by atoms with E-state index in [1.807, 2.05) is 12.1 Å². The van der Waals surface area contributed by atoms with Crippen LogP contribution in [0.4, 0.5) is 5.69 Å². The van der Waals surface area contributed by atoms with Gasteiger partial charge in [-0.3, -0.25) is 9.59 Å². The summed E-state index contributed by atoms with van der Waals surface area (Å²) in [6, 6.07) is 15.4. The molecule has 0 unspecified atom stereocenters. The second-order valence-electron chi connectivity index (χ2n) is 8.51. The number of morpholine rings is 1. The Bertz CT molecular complexity index is 1340. The molecule has 1 fully saturated rings. The molecule has 200 valence electrons. The van der Waals surface area contributed by atoms with Crippen LogP contribution in [-0.4, -0.2) is 43.1 Å². The first-order valence-corrected chi connectivity index (χ1v) is 13.1. The van der Waals surface area contributed by atoms with E-state index in [4.69, 9.17) is 60.6 Å². The van der Waals surface area contributed by atoms with Gasteiger partial charge in [-0.25, -0.2) is 0 Å². The highest BCUT2D eigenvalue weighted by Gasteiger charge is 2.31. The van der Waals surface area contributed by atoms with Crippen LogP contribution in [0, 0.1) is 0 Å². The molecule has 2 amide bonds. The minimum atomic E-state index is -0.900. The zero-order valence-electron chi connectivity index (χ0n) is 20.3. The van der Waals surface area contributed by atoms with Crippen molar-refractivity contribution in [2.24, 2.45) is 0 Å². The first-order chi connectivity index (χ1) is 18.2. The Kier molecular flexibility index (Phi) is 9.63. The Morgan fingerprint density at radius 1 is 1.00 bits per heavy atom. The summed E-state index contributed by atoms with van der Waals surface area (Å²) >= 11 is 24.2. The van der Waals surface area contributed by atoms with Gasteiger partial charge in [0.25, 0.3) is 5.91 Å². The normalized spacial score (nSPS) is 15.3. The van der Waals surface area contributed by atoms with Crippen LogP contribution in [-0.2, 0) is 27.5 Å². The van der Waals surface area contributed by atoms with Gasteiger partial charge < -0.3 is 24.4 Å². The number of hydrogen-bond acceptors (Lipinski definition) is 5. The maximum atomic E-state index is 13.1. The molecule has 3 aromatic carbocycles. The second-order valence-corrected chi connectivity index (χ2v) is 10.2. The molecule has 38 heavy (non-hydrogen) atoms. The zero-order chi connectivity index (χ0) is 27.2. The van der Waals surface area contributed by atoms with Crippen LogP contribution in [0.15, 0.2) is 54.6 Å². The molecule has 7 nitrogen and oxygen atoms in total. The van der Waals surface area contributed by atoms with E-state index in [2.05, 4.69) is 5.32 Å². The standard InChI is InChI=1S/C27H24Cl4N2O5/c1-36-24-10-16(2-7-23(24)38-15-17-3-4-18(28)11-20(17)30)14-33-8-9-37-25(27(33)35)13-26(34)32-22-6-5-19(29)12-21(22)31/h2-7,10-12,25H,8-9,13-15H2,1H3,(H,32,34)/t25-/m1/s1. The van der Waals surface area contributed by atoms with Crippen molar-refractivity contribution in [1.29, 1.82) is 0 Å². The first kappa shape index (κ1) is 28.3. The number of carbonyl (C=O) groups is 2. The highest BCUT2D eigenvalue weighted by molar-refractivity contribution is 6.36. The van der Waals surface area contributed by atoms with E-state index in [1.54, 1.807) is 48.4 Å². The third-order valence-electron chi connectivity index (χ3n) is 5.84. The Balaban J connectivity index is 1.36. The molecule has 1 aliphatic rings. The molecule has 0 radical (unpaired) electrons. The van der Waals surface area contributed by atoms with Crippen molar-refractivity contribution in [3.63, 3.8) is 0 Å². The molecule has 0 spiro atoms. The molecule has 3 aromatic rings. The van der Waals surface area contributed by atoms with Crippen molar-refractivity contribution in [1.82, 2.24) is 4.90 Å².